The Balaban J connectivity index is 0. The van der Waals surface area contributed by atoms with Gasteiger partial charge >= 0.3 is 51.4 Å². The molecule has 0 bridgehead atoms. The van der Waals surface area contributed by atoms with Crippen molar-refractivity contribution in [2.45, 2.75) is 18.1 Å². The number of hydrogen-bond acceptors (Lipinski definition) is 3. The van der Waals surface area contributed by atoms with Crippen LogP contribution in [0.2, 0.25) is 0 Å². The summed E-state index contributed by atoms with van der Waals surface area (Å²) in [6, 6.07) is 0. The topological polar surface area (TPSA) is 57.2 Å². The van der Waals surface area contributed by atoms with Crippen LogP contribution in [0, 0.1) is 0 Å². The number of hydrogen-bond donors (Lipinski definition) is 0. The van der Waals surface area contributed by atoms with E-state index in [1.165, 1.54) is 0 Å². The van der Waals surface area contributed by atoms with Gasteiger partial charge in [0.25, 0.3) is 0 Å². The van der Waals surface area contributed by atoms with Crippen molar-refractivity contribution in [3.8, 4) is 0 Å². The molecule has 8 heteroatoms. The standard InChI is InChI=1S/C4H7F3O3S.K/c5-2-1-3(6)4(7)11(8,9)10;/h3-4H,1-2H2,(H,8,9,10);/q;+1/p-1. The summed E-state index contributed by atoms with van der Waals surface area (Å²) in [5.41, 5.74) is -3.15. The second-order valence-corrected chi connectivity index (χ2v) is 3.27. The van der Waals surface area contributed by atoms with E-state index in [1.54, 1.807) is 0 Å². The fourth-order valence-electron chi connectivity index (χ4n) is 0.416. The van der Waals surface area contributed by atoms with Gasteiger partial charge in [-0.25, -0.2) is 17.2 Å². The Morgan fingerprint density at radius 2 is 1.75 bits per heavy atom. The molecule has 0 saturated heterocycles. The van der Waals surface area contributed by atoms with Crippen molar-refractivity contribution in [2.75, 3.05) is 6.67 Å². The molecule has 3 nitrogen and oxygen atoms in total. The molecule has 12 heavy (non-hydrogen) atoms. The van der Waals surface area contributed by atoms with Crippen LogP contribution < -0.4 is 51.4 Å². The molecule has 0 rings (SSSR count). The molecule has 0 spiro atoms. The van der Waals surface area contributed by atoms with Gasteiger partial charge in [-0.3, -0.25) is 4.39 Å². The van der Waals surface area contributed by atoms with Gasteiger partial charge in [0.2, 0.25) is 5.50 Å². The van der Waals surface area contributed by atoms with Crippen LogP contribution in [0.25, 0.3) is 0 Å². The van der Waals surface area contributed by atoms with Crippen molar-refractivity contribution < 1.29 is 77.5 Å². The Morgan fingerprint density at radius 1 is 1.33 bits per heavy atom. The molecule has 0 aromatic rings. The van der Waals surface area contributed by atoms with Gasteiger partial charge in [-0.1, -0.05) is 0 Å². The van der Waals surface area contributed by atoms with E-state index < -0.39 is 34.9 Å². The van der Waals surface area contributed by atoms with Crippen LogP contribution in [0.1, 0.15) is 6.42 Å². The summed E-state index contributed by atoms with van der Waals surface area (Å²) in [6.07, 6.45) is -3.48. The van der Waals surface area contributed by atoms with Gasteiger partial charge in [0, 0.05) is 6.42 Å². The van der Waals surface area contributed by atoms with Crippen molar-refractivity contribution in [3.05, 3.63) is 0 Å². The molecule has 68 valence electrons. The van der Waals surface area contributed by atoms with E-state index in [4.69, 9.17) is 0 Å². The van der Waals surface area contributed by atoms with Gasteiger partial charge < -0.3 is 4.55 Å². The summed E-state index contributed by atoms with van der Waals surface area (Å²) in [4.78, 5) is 0. The van der Waals surface area contributed by atoms with Crippen molar-refractivity contribution >= 4 is 10.1 Å². The van der Waals surface area contributed by atoms with Crippen molar-refractivity contribution in [2.24, 2.45) is 0 Å². The fraction of sp³-hybridized carbons (Fsp3) is 1.00. The molecule has 0 fully saturated rings. The largest absolute Gasteiger partial charge is 1.00 e. The second-order valence-electron chi connectivity index (χ2n) is 1.84. The molecule has 0 amide bonds. The summed E-state index contributed by atoms with van der Waals surface area (Å²) in [6.45, 7) is -1.20. The minimum absolute atomic E-state index is 0. The van der Waals surface area contributed by atoms with Gasteiger partial charge in [0.05, 0.1) is 6.67 Å². The third-order valence-electron chi connectivity index (χ3n) is 0.945. The van der Waals surface area contributed by atoms with E-state index in [9.17, 15) is 26.1 Å². The maximum absolute atomic E-state index is 12.1. The van der Waals surface area contributed by atoms with Crippen LogP contribution in [0.5, 0.6) is 0 Å². The summed E-state index contributed by atoms with van der Waals surface area (Å²) in [7, 11) is -5.28. The second kappa shape index (κ2) is 6.74. The first-order valence-corrected chi connectivity index (χ1v) is 4.15. The molecule has 0 aliphatic heterocycles. The molecule has 0 heterocycles. The number of alkyl halides is 3. The summed E-state index contributed by atoms with van der Waals surface area (Å²) in [5.74, 6) is 0. The zero-order valence-corrected chi connectivity index (χ0v) is 10.3. The predicted octanol–water partition coefficient (Wildman–Crippen LogP) is -2.47. The summed E-state index contributed by atoms with van der Waals surface area (Å²) >= 11 is 0. The minimum atomic E-state index is -5.28. The van der Waals surface area contributed by atoms with Crippen molar-refractivity contribution in [3.63, 3.8) is 0 Å². The van der Waals surface area contributed by atoms with Gasteiger partial charge in [-0.2, -0.15) is 0 Å². The van der Waals surface area contributed by atoms with Crippen LogP contribution in [-0.4, -0.2) is 31.3 Å². The normalized spacial score (nSPS) is 16.3. The smallest absolute Gasteiger partial charge is 0.746 e. The first-order valence-electron chi connectivity index (χ1n) is 2.68. The molecule has 0 aliphatic carbocycles. The third-order valence-corrected chi connectivity index (χ3v) is 1.79. The Bertz CT molecular complexity index is 208. The van der Waals surface area contributed by atoms with E-state index >= 15 is 0 Å². The molecule has 0 aromatic heterocycles. The van der Waals surface area contributed by atoms with Crippen LogP contribution in [-0.2, 0) is 10.1 Å². The summed E-state index contributed by atoms with van der Waals surface area (Å²) in [5, 5.41) is 0. The Morgan fingerprint density at radius 3 is 2.00 bits per heavy atom. The average Bonchev–Trinajstić information content (AvgIpc) is 1.85. The van der Waals surface area contributed by atoms with E-state index in [-0.39, 0.29) is 51.4 Å². The molecule has 2 unspecified atom stereocenters. The molecule has 0 saturated carbocycles. The predicted molar refractivity (Wildman–Crippen MR) is 30.1 cm³/mol. The molecule has 0 N–H and O–H groups in total. The van der Waals surface area contributed by atoms with E-state index in [0.29, 0.717) is 0 Å². The van der Waals surface area contributed by atoms with Gasteiger partial charge in [-0.05, 0) is 0 Å². The molecule has 0 aliphatic rings. The zero-order valence-electron chi connectivity index (χ0n) is 6.34. The third kappa shape index (κ3) is 5.89. The van der Waals surface area contributed by atoms with Gasteiger partial charge in [-0.15, -0.1) is 0 Å². The number of rotatable bonds is 4. The van der Waals surface area contributed by atoms with Crippen molar-refractivity contribution in [1.29, 1.82) is 0 Å². The Labute approximate surface area is 111 Å². The van der Waals surface area contributed by atoms with E-state index in [2.05, 4.69) is 0 Å². The summed E-state index contributed by atoms with van der Waals surface area (Å²) < 4.78 is 64.7. The minimum Gasteiger partial charge on any atom is -0.746 e. The molecule has 0 aromatic carbocycles. The fourth-order valence-corrected chi connectivity index (χ4v) is 0.914. The Hall–Kier alpha value is 1.34. The Kier molecular flexibility index (Phi) is 8.87. The van der Waals surface area contributed by atoms with E-state index in [1.807, 2.05) is 0 Å². The van der Waals surface area contributed by atoms with Crippen LogP contribution in [0.3, 0.4) is 0 Å². The quantitative estimate of drug-likeness (QED) is 0.397. The van der Waals surface area contributed by atoms with Crippen LogP contribution >= 0.6 is 0 Å². The van der Waals surface area contributed by atoms with Crippen molar-refractivity contribution in [1.82, 2.24) is 0 Å². The SMILES string of the molecule is O=S(=O)([O-])C(F)C(F)CCF.[K+]. The van der Waals surface area contributed by atoms with Crippen LogP contribution in [0.4, 0.5) is 13.2 Å². The molecule has 0 radical (unpaired) electrons. The molecular weight excluding hydrogens is 224 g/mol. The number of halogens is 3. The van der Waals surface area contributed by atoms with Crippen LogP contribution in [0.15, 0.2) is 0 Å². The van der Waals surface area contributed by atoms with Gasteiger partial charge in [0.15, 0.2) is 0 Å². The average molecular weight is 230 g/mol. The van der Waals surface area contributed by atoms with E-state index in [0.717, 1.165) is 0 Å². The molecule has 2 atom stereocenters. The zero-order chi connectivity index (χ0) is 9.07. The monoisotopic (exact) mass is 230 g/mol. The van der Waals surface area contributed by atoms with Gasteiger partial charge in [0.1, 0.15) is 16.3 Å². The molecular formula is C4H6F3KO3S. The first-order chi connectivity index (χ1) is 4.89. The maximum atomic E-state index is 12.1. The maximum Gasteiger partial charge on any atom is 1.00 e. The first kappa shape index (κ1) is 15.8.